The Morgan fingerprint density at radius 2 is 1.47 bits per heavy atom. The zero-order chi connectivity index (χ0) is 21.3. The normalized spacial score (nSPS) is 10.8. The number of hydrogen-bond donors (Lipinski definition) is 1. The van der Waals surface area contributed by atoms with Gasteiger partial charge in [-0.3, -0.25) is 0 Å². The van der Waals surface area contributed by atoms with E-state index >= 15 is 0 Å². The lowest BCUT2D eigenvalue weighted by Crippen LogP contribution is -2.17. The molecule has 0 amide bonds. The molecule has 30 heavy (non-hydrogen) atoms. The molecule has 0 radical (unpaired) electrons. The Balaban J connectivity index is 1.63. The molecule has 0 aliphatic carbocycles. The van der Waals surface area contributed by atoms with Crippen LogP contribution in [0.3, 0.4) is 0 Å². The number of rotatable bonds is 10. The minimum atomic E-state index is -0.301. The number of hydrogen-bond acceptors (Lipinski definition) is 3. The van der Waals surface area contributed by atoms with Crippen molar-refractivity contribution in [1.82, 2.24) is 5.32 Å². The van der Waals surface area contributed by atoms with E-state index in [4.69, 9.17) is 9.47 Å². The van der Waals surface area contributed by atoms with Crippen LogP contribution in [0.15, 0.2) is 65.1 Å². The summed E-state index contributed by atoms with van der Waals surface area (Å²) >= 11 is 3.57. The van der Waals surface area contributed by atoms with Gasteiger partial charge in [-0.2, -0.15) is 0 Å². The molecular formula is C24H24BrF2NO2. The molecule has 3 aromatic carbocycles. The van der Waals surface area contributed by atoms with Crippen molar-refractivity contribution >= 4 is 15.9 Å². The first-order valence-electron chi connectivity index (χ1n) is 9.84. The van der Waals surface area contributed by atoms with Crippen LogP contribution in [0.5, 0.6) is 11.5 Å². The van der Waals surface area contributed by atoms with E-state index in [1.54, 1.807) is 30.3 Å². The lowest BCUT2D eigenvalue weighted by Gasteiger charge is -2.16. The summed E-state index contributed by atoms with van der Waals surface area (Å²) in [6.45, 7) is 3.72. The van der Waals surface area contributed by atoms with Crippen LogP contribution in [0, 0.1) is 11.6 Å². The minimum absolute atomic E-state index is 0.111. The highest BCUT2D eigenvalue weighted by atomic mass is 79.9. The van der Waals surface area contributed by atoms with Gasteiger partial charge in [0, 0.05) is 16.6 Å². The van der Waals surface area contributed by atoms with E-state index < -0.39 is 0 Å². The predicted molar refractivity (Wildman–Crippen MR) is 118 cm³/mol. The van der Waals surface area contributed by atoms with Gasteiger partial charge in [0.2, 0.25) is 0 Å². The van der Waals surface area contributed by atoms with Crippen molar-refractivity contribution < 1.29 is 18.3 Å². The molecule has 0 fully saturated rings. The van der Waals surface area contributed by atoms with Gasteiger partial charge in [-0.05, 0) is 55.3 Å². The lowest BCUT2D eigenvalue weighted by molar-refractivity contribution is 0.265. The van der Waals surface area contributed by atoms with E-state index in [1.807, 2.05) is 25.1 Å². The quantitative estimate of drug-likeness (QED) is 0.362. The monoisotopic (exact) mass is 475 g/mol. The molecule has 0 atom stereocenters. The fourth-order valence-corrected chi connectivity index (χ4v) is 3.47. The molecule has 0 aliphatic heterocycles. The summed E-state index contributed by atoms with van der Waals surface area (Å²) < 4.78 is 40.0. The van der Waals surface area contributed by atoms with Crippen LogP contribution < -0.4 is 14.8 Å². The molecule has 0 saturated heterocycles. The first-order chi connectivity index (χ1) is 14.6. The van der Waals surface area contributed by atoms with Crippen molar-refractivity contribution in [3.05, 3.63) is 93.5 Å². The minimum Gasteiger partial charge on any atom is -0.490 e. The highest BCUT2D eigenvalue weighted by Crippen LogP contribution is 2.34. The van der Waals surface area contributed by atoms with E-state index in [2.05, 4.69) is 21.2 Å². The summed E-state index contributed by atoms with van der Waals surface area (Å²) in [5, 5.41) is 3.33. The number of benzene rings is 3. The number of ether oxygens (including phenoxy) is 2. The SMILES string of the molecule is CCOc1cc(CNCCc2ccccc2F)c(Br)cc1OCc1ccccc1F. The molecule has 0 unspecified atom stereocenters. The summed E-state index contributed by atoms with van der Waals surface area (Å²) in [4.78, 5) is 0. The second kappa shape index (κ2) is 11.1. The topological polar surface area (TPSA) is 30.5 Å². The smallest absolute Gasteiger partial charge is 0.162 e. The van der Waals surface area contributed by atoms with Gasteiger partial charge in [0.05, 0.1) is 6.61 Å². The van der Waals surface area contributed by atoms with Crippen molar-refractivity contribution in [2.24, 2.45) is 0 Å². The first-order valence-corrected chi connectivity index (χ1v) is 10.6. The van der Waals surface area contributed by atoms with E-state index in [0.717, 1.165) is 10.0 Å². The molecule has 0 heterocycles. The van der Waals surface area contributed by atoms with Gasteiger partial charge in [0.25, 0.3) is 0 Å². The van der Waals surface area contributed by atoms with Crippen LogP contribution >= 0.6 is 15.9 Å². The molecule has 3 rings (SSSR count). The van der Waals surface area contributed by atoms with Crippen LogP contribution in [0.2, 0.25) is 0 Å². The van der Waals surface area contributed by atoms with Crippen molar-refractivity contribution in [2.75, 3.05) is 13.2 Å². The van der Waals surface area contributed by atoms with E-state index in [1.165, 1.54) is 12.1 Å². The van der Waals surface area contributed by atoms with Crippen LogP contribution in [-0.2, 0) is 19.6 Å². The molecule has 0 spiro atoms. The third-order valence-corrected chi connectivity index (χ3v) is 5.34. The summed E-state index contributed by atoms with van der Waals surface area (Å²) in [5.74, 6) is 0.658. The second-order valence-corrected chi connectivity index (χ2v) is 7.58. The Bertz CT molecular complexity index is 981. The molecule has 3 aromatic rings. The molecule has 1 N–H and O–H groups in total. The Kier molecular flexibility index (Phi) is 8.22. The summed E-state index contributed by atoms with van der Waals surface area (Å²) in [5.41, 5.74) is 2.16. The molecule has 6 heteroatoms. The first kappa shape index (κ1) is 22.2. The van der Waals surface area contributed by atoms with Crippen molar-refractivity contribution in [1.29, 1.82) is 0 Å². The van der Waals surface area contributed by atoms with Crippen molar-refractivity contribution in [3.8, 4) is 11.5 Å². The fourth-order valence-electron chi connectivity index (χ4n) is 3.01. The summed E-state index contributed by atoms with van der Waals surface area (Å²) in [6, 6.07) is 17.1. The molecule has 0 bridgehead atoms. The highest BCUT2D eigenvalue weighted by molar-refractivity contribution is 9.10. The molecule has 0 aliphatic rings. The Labute approximate surface area is 184 Å². The van der Waals surface area contributed by atoms with Crippen molar-refractivity contribution in [3.63, 3.8) is 0 Å². The van der Waals surface area contributed by atoms with Crippen LogP contribution in [0.1, 0.15) is 23.6 Å². The van der Waals surface area contributed by atoms with Crippen LogP contribution in [-0.4, -0.2) is 13.2 Å². The number of halogens is 3. The summed E-state index contributed by atoms with van der Waals surface area (Å²) in [6.07, 6.45) is 0.604. The van der Waals surface area contributed by atoms with Gasteiger partial charge in [-0.15, -0.1) is 0 Å². The van der Waals surface area contributed by atoms with Gasteiger partial charge in [-0.1, -0.05) is 52.3 Å². The fraction of sp³-hybridized carbons (Fsp3) is 0.250. The predicted octanol–water partition coefficient (Wildman–Crippen LogP) is 6.04. The zero-order valence-corrected chi connectivity index (χ0v) is 18.3. The van der Waals surface area contributed by atoms with Crippen LogP contribution in [0.25, 0.3) is 0 Å². The second-order valence-electron chi connectivity index (χ2n) is 6.72. The van der Waals surface area contributed by atoms with Gasteiger partial charge in [0.1, 0.15) is 18.2 Å². The van der Waals surface area contributed by atoms with Gasteiger partial charge in [-0.25, -0.2) is 8.78 Å². The third-order valence-electron chi connectivity index (χ3n) is 4.60. The molecule has 0 saturated carbocycles. The Morgan fingerprint density at radius 3 is 2.13 bits per heavy atom. The Morgan fingerprint density at radius 1 is 0.833 bits per heavy atom. The highest BCUT2D eigenvalue weighted by Gasteiger charge is 2.12. The van der Waals surface area contributed by atoms with E-state index in [-0.39, 0.29) is 18.2 Å². The standard InChI is InChI=1S/C24H24BrF2NO2/c1-2-29-23-13-19(15-28-12-11-17-7-3-5-9-21(17)26)20(25)14-24(23)30-16-18-8-4-6-10-22(18)27/h3-10,13-14,28H,2,11-12,15-16H2,1H3. The van der Waals surface area contributed by atoms with Crippen molar-refractivity contribution in [2.45, 2.75) is 26.5 Å². The summed E-state index contributed by atoms with van der Waals surface area (Å²) in [7, 11) is 0. The van der Waals surface area contributed by atoms with E-state index in [0.29, 0.717) is 48.7 Å². The maximum atomic E-state index is 13.9. The zero-order valence-electron chi connectivity index (χ0n) is 16.8. The average molecular weight is 476 g/mol. The maximum absolute atomic E-state index is 13.9. The molecule has 0 aromatic heterocycles. The Hall–Kier alpha value is -2.44. The van der Waals surface area contributed by atoms with Gasteiger partial charge < -0.3 is 14.8 Å². The number of nitrogens with one attached hydrogen (secondary N) is 1. The average Bonchev–Trinajstić information content (AvgIpc) is 2.74. The lowest BCUT2D eigenvalue weighted by atomic mass is 10.1. The molecule has 3 nitrogen and oxygen atoms in total. The third kappa shape index (κ3) is 6.03. The van der Waals surface area contributed by atoms with Crippen LogP contribution in [0.4, 0.5) is 8.78 Å². The van der Waals surface area contributed by atoms with Gasteiger partial charge in [0.15, 0.2) is 11.5 Å². The maximum Gasteiger partial charge on any atom is 0.162 e. The van der Waals surface area contributed by atoms with E-state index in [9.17, 15) is 8.78 Å². The molecular weight excluding hydrogens is 452 g/mol. The largest absolute Gasteiger partial charge is 0.490 e. The van der Waals surface area contributed by atoms with Gasteiger partial charge >= 0.3 is 0 Å². The molecule has 158 valence electrons.